The second-order valence-electron chi connectivity index (χ2n) is 4.19. The van der Waals surface area contributed by atoms with Crippen LogP contribution in [0, 0.1) is 0 Å². The van der Waals surface area contributed by atoms with Crippen LogP contribution in [0.15, 0.2) is 46.2 Å². The lowest BCUT2D eigenvalue weighted by atomic mass is 10.4. The maximum absolute atomic E-state index is 12.1. The van der Waals surface area contributed by atoms with Crippen molar-refractivity contribution >= 4 is 21.6 Å². The first-order valence-corrected chi connectivity index (χ1v) is 7.77. The number of carbonyl (C=O) groups excluding carboxylic acids is 1. The zero-order valence-corrected chi connectivity index (χ0v) is 12.2. The molecule has 1 amide bonds. The van der Waals surface area contributed by atoms with Crippen LogP contribution < -0.4 is 10.0 Å². The molecular weight excluding hydrogens is 294 g/mol. The molecule has 0 saturated heterocycles. The minimum atomic E-state index is -3.95. The van der Waals surface area contributed by atoms with Crippen LogP contribution in [-0.2, 0) is 21.4 Å². The van der Waals surface area contributed by atoms with Crippen LogP contribution in [-0.4, -0.2) is 19.3 Å². The average molecular weight is 309 g/mol. The third-order valence-corrected chi connectivity index (χ3v) is 4.08. The summed E-state index contributed by atoms with van der Waals surface area (Å²) in [4.78, 5) is 15.0. The predicted octanol–water partition coefficient (Wildman–Crippen LogP) is 1.50. The van der Waals surface area contributed by atoms with E-state index in [1.54, 1.807) is 19.1 Å². The van der Waals surface area contributed by atoms with Gasteiger partial charge in [-0.15, -0.1) is 0 Å². The minimum Gasteiger partial charge on any atom is -0.467 e. The van der Waals surface area contributed by atoms with Crippen molar-refractivity contribution < 1.29 is 17.6 Å². The quantitative estimate of drug-likeness (QED) is 0.838. The van der Waals surface area contributed by atoms with E-state index in [0.29, 0.717) is 18.0 Å². The molecule has 0 aliphatic heterocycles. The van der Waals surface area contributed by atoms with E-state index in [9.17, 15) is 13.2 Å². The van der Waals surface area contributed by atoms with Gasteiger partial charge in [0, 0.05) is 18.8 Å². The maximum atomic E-state index is 12.1. The van der Waals surface area contributed by atoms with E-state index in [2.05, 4.69) is 10.3 Å². The van der Waals surface area contributed by atoms with E-state index in [1.165, 1.54) is 24.7 Å². The Labute approximate surface area is 122 Å². The van der Waals surface area contributed by atoms with Gasteiger partial charge < -0.3 is 9.73 Å². The van der Waals surface area contributed by atoms with Crippen LogP contribution >= 0.6 is 0 Å². The number of rotatable bonds is 6. The first-order chi connectivity index (χ1) is 10.0. The number of pyridine rings is 1. The van der Waals surface area contributed by atoms with E-state index in [4.69, 9.17) is 4.42 Å². The van der Waals surface area contributed by atoms with Gasteiger partial charge in [-0.2, -0.15) is 0 Å². The molecule has 0 aliphatic carbocycles. The summed E-state index contributed by atoms with van der Waals surface area (Å²) in [7, 11) is -3.95. The highest BCUT2D eigenvalue weighted by Crippen LogP contribution is 2.20. The monoisotopic (exact) mass is 309 g/mol. The highest BCUT2D eigenvalue weighted by atomic mass is 32.2. The first kappa shape index (κ1) is 15.0. The Kier molecular flexibility index (Phi) is 4.59. The second kappa shape index (κ2) is 6.40. The number of carbonyl (C=O) groups is 1. The molecule has 0 atom stereocenters. The fraction of sp³-hybridized carbons (Fsp3) is 0.231. The summed E-state index contributed by atoms with van der Waals surface area (Å²) in [5, 5.41) is 2.95. The number of aromatic nitrogens is 1. The Morgan fingerprint density at radius 3 is 2.86 bits per heavy atom. The number of nitrogens with zero attached hydrogens (tertiary/aromatic N) is 1. The van der Waals surface area contributed by atoms with Gasteiger partial charge in [-0.3, -0.25) is 9.78 Å². The molecule has 2 aromatic rings. The van der Waals surface area contributed by atoms with Crippen molar-refractivity contribution in [2.75, 3.05) is 5.32 Å². The summed E-state index contributed by atoms with van der Waals surface area (Å²) in [5.74, 6) is 0.0867. The van der Waals surface area contributed by atoms with Gasteiger partial charge in [-0.05, 0) is 18.2 Å². The third-order valence-electron chi connectivity index (χ3n) is 2.68. The van der Waals surface area contributed by atoms with Gasteiger partial charge in [-0.1, -0.05) is 6.92 Å². The fourth-order valence-corrected chi connectivity index (χ4v) is 2.80. The summed E-state index contributed by atoms with van der Waals surface area (Å²) in [6, 6.07) is 5.03. The van der Waals surface area contributed by atoms with E-state index in [-0.39, 0.29) is 11.3 Å². The number of hydrogen-bond acceptors (Lipinski definition) is 6. The molecule has 0 aromatic carbocycles. The van der Waals surface area contributed by atoms with Crippen LogP contribution in [0.25, 0.3) is 0 Å². The zero-order valence-electron chi connectivity index (χ0n) is 11.4. The van der Waals surface area contributed by atoms with Gasteiger partial charge in [0.2, 0.25) is 5.91 Å². The predicted molar refractivity (Wildman–Crippen MR) is 75.9 cm³/mol. The molecule has 0 fully saturated rings. The molecular formula is C13H15N3O4S. The number of furan rings is 1. The molecule has 0 bridgehead atoms. The standard InChI is InChI=1S/C13H15N3O4S/c1-2-13(17)16-21(18,19)12-9-14-6-5-11(12)15-8-10-4-3-7-20-10/h3-7,9H,2,8H2,1H3,(H,14,15)(H,16,17). The minimum absolute atomic E-state index is 0.0780. The molecule has 0 spiro atoms. The van der Waals surface area contributed by atoms with Crippen LogP contribution in [0.1, 0.15) is 19.1 Å². The van der Waals surface area contributed by atoms with Gasteiger partial charge in [0.15, 0.2) is 0 Å². The third kappa shape index (κ3) is 3.82. The number of nitrogens with one attached hydrogen (secondary N) is 2. The SMILES string of the molecule is CCC(=O)NS(=O)(=O)c1cnccc1NCc1ccco1. The normalized spacial score (nSPS) is 11.1. The number of sulfonamides is 1. The highest BCUT2D eigenvalue weighted by molar-refractivity contribution is 7.90. The lowest BCUT2D eigenvalue weighted by Crippen LogP contribution is -2.30. The fourth-order valence-electron chi connectivity index (χ4n) is 1.61. The molecule has 112 valence electrons. The van der Waals surface area contributed by atoms with Gasteiger partial charge in [0.25, 0.3) is 10.0 Å². The van der Waals surface area contributed by atoms with Crippen LogP contribution in [0.5, 0.6) is 0 Å². The van der Waals surface area contributed by atoms with Gasteiger partial charge in [0.05, 0.1) is 18.5 Å². The lowest BCUT2D eigenvalue weighted by molar-refractivity contribution is -0.119. The van der Waals surface area contributed by atoms with Gasteiger partial charge in [-0.25, -0.2) is 13.1 Å². The molecule has 0 aliphatic rings. The summed E-state index contributed by atoms with van der Waals surface area (Å²) >= 11 is 0. The zero-order chi connectivity index (χ0) is 15.3. The Hall–Kier alpha value is -2.35. The molecule has 21 heavy (non-hydrogen) atoms. The summed E-state index contributed by atoms with van der Waals surface area (Å²) in [6.07, 6.45) is 4.26. The Balaban J connectivity index is 2.22. The van der Waals surface area contributed by atoms with Crippen molar-refractivity contribution in [2.45, 2.75) is 24.8 Å². The molecule has 0 unspecified atom stereocenters. The first-order valence-electron chi connectivity index (χ1n) is 6.29. The van der Waals surface area contributed by atoms with Crippen LogP contribution in [0.3, 0.4) is 0 Å². The lowest BCUT2D eigenvalue weighted by Gasteiger charge is -2.11. The largest absolute Gasteiger partial charge is 0.467 e. The molecule has 2 aromatic heterocycles. The second-order valence-corrected chi connectivity index (χ2v) is 5.84. The average Bonchev–Trinajstić information content (AvgIpc) is 2.98. The van der Waals surface area contributed by atoms with E-state index in [0.717, 1.165) is 0 Å². The molecule has 8 heteroatoms. The van der Waals surface area contributed by atoms with Crippen molar-refractivity contribution in [3.8, 4) is 0 Å². The van der Waals surface area contributed by atoms with E-state index in [1.807, 2.05) is 4.72 Å². The number of hydrogen-bond donors (Lipinski definition) is 2. The molecule has 0 saturated carbocycles. The van der Waals surface area contributed by atoms with Crippen molar-refractivity contribution in [3.63, 3.8) is 0 Å². The maximum Gasteiger partial charge on any atom is 0.267 e. The van der Waals surface area contributed by atoms with E-state index >= 15 is 0 Å². The molecule has 0 radical (unpaired) electrons. The summed E-state index contributed by atoms with van der Waals surface area (Å²) < 4.78 is 31.4. The smallest absolute Gasteiger partial charge is 0.267 e. The Morgan fingerprint density at radius 2 is 2.19 bits per heavy atom. The number of amides is 1. The number of anilines is 1. The highest BCUT2D eigenvalue weighted by Gasteiger charge is 2.20. The molecule has 2 rings (SSSR count). The molecule has 2 heterocycles. The van der Waals surface area contributed by atoms with Crippen molar-refractivity contribution in [2.24, 2.45) is 0 Å². The summed E-state index contributed by atoms with van der Waals surface area (Å²) in [6.45, 7) is 1.89. The Morgan fingerprint density at radius 1 is 1.38 bits per heavy atom. The topological polar surface area (TPSA) is 101 Å². The van der Waals surface area contributed by atoms with Crippen LogP contribution in [0.4, 0.5) is 5.69 Å². The van der Waals surface area contributed by atoms with Crippen molar-refractivity contribution in [3.05, 3.63) is 42.6 Å². The summed E-state index contributed by atoms with van der Waals surface area (Å²) in [5.41, 5.74) is 0.345. The van der Waals surface area contributed by atoms with Crippen molar-refractivity contribution in [1.29, 1.82) is 0 Å². The van der Waals surface area contributed by atoms with Gasteiger partial charge >= 0.3 is 0 Å². The van der Waals surface area contributed by atoms with E-state index < -0.39 is 15.9 Å². The van der Waals surface area contributed by atoms with Gasteiger partial charge in [0.1, 0.15) is 10.7 Å². The molecule has 2 N–H and O–H groups in total. The van der Waals surface area contributed by atoms with Crippen LogP contribution in [0.2, 0.25) is 0 Å². The van der Waals surface area contributed by atoms with Crippen molar-refractivity contribution in [1.82, 2.24) is 9.71 Å². The molecule has 7 nitrogen and oxygen atoms in total. The Bertz CT molecular complexity index is 711.